The predicted molar refractivity (Wildman–Crippen MR) is 99.0 cm³/mol. The van der Waals surface area contributed by atoms with E-state index in [2.05, 4.69) is 10.6 Å². The average Bonchev–Trinajstić information content (AvgIpc) is 2.60. The molecule has 140 valence electrons. The Morgan fingerprint density at radius 1 is 1.15 bits per heavy atom. The minimum Gasteiger partial charge on any atom is -0.463 e. The van der Waals surface area contributed by atoms with Gasteiger partial charge in [-0.1, -0.05) is 30.3 Å². The van der Waals surface area contributed by atoms with E-state index in [1.54, 1.807) is 19.9 Å². The van der Waals surface area contributed by atoms with Crippen LogP contribution in [0.15, 0.2) is 47.7 Å². The fourth-order valence-electron chi connectivity index (χ4n) is 3.21. The molecule has 1 aliphatic rings. The van der Waals surface area contributed by atoms with Crippen LogP contribution in [0, 0.1) is 0 Å². The van der Waals surface area contributed by atoms with Gasteiger partial charge in [-0.05, 0) is 30.7 Å². The lowest BCUT2D eigenvalue weighted by Crippen LogP contribution is -2.45. The zero-order valence-corrected chi connectivity index (χ0v) is 15.3. The largest absolute Gasteiger partial charge is 0.463 e. The van der Waals surface area contributed by atoms with Crippen molar-refractivity contribution >= 4 is 28.7 Å². The summed E-state index contributed by atoms with van der Waals surface area (Å²) in [5, 5.41) is 7.00. The molecule has 7 nitrogen and oxygen atoms in total. The van der Waals surface area contributed by atoms with Crippen molar-refractivity contribution in [3.8, 4) is 5.75 Å². The first-order valence-electron chi connectivity index (χ1n) is 8.57. The molecule has 2 aromatic rings. The number of fused-ring (bicyclic) bond motifs is 1. The Balaban J connectivity index is 2.27. The molecule has 1 heterocycles. The monoisotopic (exact) mass is 368 g/mol. The van der Waals surface area contributed by atoms with Gasteiger partial charge in [0, 0.05) is 18.2 Å². The number of esters is 2. The minimum absolute atomic E-state index is 0.197. The van der Waals surface area contributed by atoms with E-state index in [9.17, 15) is 14.4 Å². The quantitative estimate of drug-likeness (QED) is 0.639. The summed E-state index contributed by atoms with van der Waals surface area (Å²) >= 11 is 0. The third kappa shape index (κ3) is 3.62. The lowest BCUT2D eigenvalue weighted by Gasteiger charge is -2.29. The normalized spacial score (nSPS) is 16.6. The van der Waals surface area contributed by atoms with Gasteiger partial charge in [0.15, 0.2) is 0 Å². The summed E-state index contributed by atoms with van der Waals surface area (Å²) < 4.78 is 10.6. The van der Waals surface area contributed by atoms with Crippen LogP contribution in [0.25, 0.3) is 10.8 Å². The molecule has 0 aliphatic carbocycles. The lowest BCUT2D eigenvalue weighted by molar-refractivity contribution is -0.139. The maximum atomic E-state index is 12.6. The van der Waals surface area contributed by atoms with Gasteiger partial charge < -0.3 is 20.1 Å². The maximum absolute atomic E-state index is 12.6. The zero-order valence-electron chi connectivity index (χ0n) is 15.3. The first-order valence-corrected chi connectivity index (χ1v) is 8.57. The van der Waals surface area contributed by atoms with Crippen molar-refractivity contribution in [3.05, 3.63) is 53.2 Å². The number of allylic oxidation sites excluding steroid dienone is 1. The third-order valence-corrected chi connectivity index (χ3v) is 4.24. The molecule has 3 rings (SSSR count). The fourth-order valence-corrected chi connectivity index (χ4v) is 3.21. The highest BCUT2D eigenvalue weighted by Crippen LogP contribution is 2.38. The Hall–Kier alpha value is -3.35. The van der Waals surface area contributed by atoms with Gasteiger partial charge >= 0.3 is 18.0 Å². The van der Waals surface area contributed by atoms with E-state index in [0.717, 1.165) is 10.8 Å². The summed E-state index contributed by atoms with van der Waals surface area (Å²) in [6.07, 6.45) is 0. The van der Waals surface area contributed by atoms with Crippen molar-refractivity contribution in [1.82, 2.24) is 10.6 Å². The smallest absolute Gasteiger partial charge is 0.338 e. The van der Waals surface area contributed by atoms with Crippen LogP contribution in [0.3, 0.4) is 0 Å². The zero-order chi connectivity index (χ0) is 19.6. The van der Waals surface area contributed by atoms with Crippen LogP contribution in [0.2, 0.25) is 0 Å². The van der Waals surface area contributed by atoms with Crippen LogP contribution in [0.5, 0.6) is 5.75 Å². The number of hydrogen-bond acceptors (Lipinski definition) is 5. The second kappa shape index (κ2) is 7.49. The molecule has 0 saturated heterocycles. The average molecular weight is 368 g/mol. The van der Waals surface area contributed by atoms with Crippen molar-refractivity contribution in [2.75, 3.05) is 6.61 Å². The molecule has 0 saturated carbocycles. The first-order chi connectivity index (χ1) is 12.9. The molecule has 0 bridgehead atoms. The Bertz CT molecular complexity index is 964. The van der Waals surface area contributed by atoms with Crippen molar-refractivity contribution < 1.29 is 23.9 Å². The third-order valence-electron chi connectivity index (χ3n) is 4.24. The van der Waals surface area contributed by atoms with Crippen LogP contribution in [-0.4, -0.2) is 24.6 Å². The number of carbonyl (C=O) groups is 3. The number of hydrogen-bond donors (Lipinski definition) is 2. The molecular weight excluding hydrogens is 348 g/mol. The van der Waals surface area contributed by atoms with Crippen LogP contribution >= 0.6 is 0 Å². The minimum atomic E-state index is -0.821. The fraction of sp³-hybridized carbons (Fsp3) is 0.250. The second-order valence-corrected chi connectivity index (χ2v) is 6.08. The molecule has 27 heavy (non-hydrogen) atoms. The Kier molecular flexibility index (Phi) is 5.12. The van der Waals surface area contributed by atoms with Crippen molar-refractivity contribution in [2.24, 2.45) is 0 Å². The summed E-state index contributed by atoms with van der Waals surface area (Å²) in [4.78, 5) is 36.3. The van der Waals surface area contributed by atoms with E-state index in [4.69, 9.17) is 9.47 Å². The van der Waals surface area contributed by atoms with Crippen molar-refractivity contribution in [1.29, 1.82) is 0 Å². The second-order valence-electron chi connectivity index (χ2n) is 6.08. The number of urea groups is 1. The molecule has 1 atom stereocenters. The van der Waals surface area contributed by atoms with Gasteiger partial charge in [0.1, 0.15) is 5.75 Å². The number of ether oxygens (including phenoxy) is 2. The molecule has 1 unspecified atom stereocenters. The first kappa shape index (κ1) is 18.4. The van der Waals surface area contributed by atoms with Gasteiger partial charge in [-0.25, -0.2) is 9.59 Å². The number of nitrogens with one attached hydrogen (secondary N) is 2. The summed E-state index contributed by atoms with van der Waals surface area (Å²) in [6.45, 7) is 4.84. The predicted octanol–water partition coefficient (Wildman–Crippen LogP) is 2.96. The molecule has 0 aromatic heterocycles. The van der Waals surface area contributed by atoms with E-state index >= 15 is 0 Å². The van der Waals surface area contributed by atoms with Gasteiger partial charge in [0.25, 0.3) is 0 Å². The lowest BCUT2D eigenvalue weighted by atomic mass is 9.90. The van der Waals surface area contributed by atoms with E-state index < -0.39 is 24.0 Å². The number of benzene rings is 2. The van der Waals surface area contributed by atoms with Crippen LogP contribution in [0.4, 0.5) is 4.79 Å². The molecule has 0 radical (unpaired) electrons. The molecule has 0 fully saturated rings. The SMILES string of the molecule is CCOC(=O)C1=C(C)NC(=O)NC1c1c(OC(C)=O)ccc2ccccc12. The van der Waals surface area contributed by atoms with E-state index in [-0.39, 0.29) is 17.9 Å². The van der Waals surface area contributed by atoms with Gasteiger partial charge in [-0.3, -0.25) is 4.79 Å². The molecular formula is C20H20N2O5. The molecule has 0 spiro atoms. The van der Waals surface area contributed by atoms with Crippen LogP contribution in [0.1, 0.15) is 32.4 Å². The van der Waals surface area contributed by atoms with Gasteiger partial charge in [-0.2, -0.15) is 0 Å². The van der Waals surface area contributed by atoms with Crippen LogP contribution < -0.4 is 15.4 Å². The van der Waals surface area contributed by atoms with E-state index in [1.807, 2.05) is 30.3 Å². The maximum Gasteiger partial charge on any atom is 0.338 e. The summed E-state index contributed by atoms with van der Waals surface area (Å²) in [5.74, 6) is -0.762. The van der Waals surface area contributed by atoms with E-state index in [0.29, 0.717) is 11.3 Å². The number of amides is 2. The van der Waals surface area contributed by atoms with Gasteiger partial charge in [0.05, 0.1) is 18.2 Å². The Labute approximate surface area is 156 Å². The summed E-state index contributed by atoms with van der Waals surface area (Å²) in [6, 6.07) is 9.68. The highest BCUT2D eigenvalue weighted by atomic mass is 16.5. The molecule has 2 aromatic carbocycles. The standard InChI is InChI=1S/C20H20N2O5/c1-4-26-19(24)16-11(2)21-20(25)22-18(16)17-14-8-6-5-7-13(14)9-10-15(17)27-12(3)23/h5-10,18H,4H2,1-3H3,(H2,21,22,25). The Morgan fingerprint density at radius 3 is 2.59 bits per heavy atom. The molecule has 7 heteroatoms. The van der Waals surface area contributed by atoms with E-state index in [1.165, 1.54) is 6.92 Å². The van der Waals surface area contributed by atoms with Crippen molar-refractivity contribution in [2.45, 2.75) is 26.8 Å². The van der Waals surface area contributed by atoms with Gasteiger partial charge in [-0.15, -0.1) is 0 Å². The van der Waals surface area contributed by atoms with Crippen molar-refractivity contribution in [3.63, 3.8) is 0 Å². The summed E-state index contributed by atoms with van der Waals surface area (Å²) in [7, 11) is 0. The van der Waals surface area contributed by atoms with Crippen LogP contribution in [-0.2, 0) is 14.3 Å². The molecule has 2 N–H and O–H groups in total. The highest BCUT2D eigenvalue weighted by Gasteiger charge is 2.35. The Morgan fingerprint density at radius 2 is 1.89 bits per heavy atom. The molecule has 1 aliphatic heterocycles. The number of carbonyl (C=O) groups excluding carboxylic acids is 3. The highest BCUT2D eigenvalue weighted by molar-refractivity contribution is 5.98. The number of rotatable bonds is 4. The topological polar surface area (TPSA) is 93.7 Å². The van der Waals surface area contributed by atoms with Gasteiger partial charge in [0.2, 0.25) is 0 Å². The summed E-state index contributed by atoms with van der Waals surface area (Å²) in [5.41, 5.74) is 1.19. The molecule has 2 amide bonds.